The van der Waals surface area contributed by atoms with E-state index in [1.165, 1.54) is 11.1 Å². The van der Waals surface area contributed by atoms with Crippen LogP contribution in [0.1, 0.15) is 81.0 Å². The van der Waals surface area contributed by atoms with Crippen molar-refractivity contribution in [1.82, 2.24) is 26.7 Å². The second kappa shape index (κ2) is 21.1. The van der Waals surface area contributed by atoms with Crippen molar-refractivity contribution >= 4 is 53.4 Å². The Balaban J connectivity index is 1.06. The third-order valence-corrected chi connectivity index (χ3v) is 11.7. The number of rotatable bonds is 14. The van der Waals surface area contributed by atoms with Crippen LogP contribution in [0.15, 0.2) is 113 Å². The van der Waals surface area contributed by atoms with Gasteiger partial charge in [0.2, 0.25) is 18.0 Å². The van der Waals surface area contributed by atoms with E-state index in [9.17, 15) is 28.8 Å². The zero-order valence-electron chi connectivity index (χ0n) is 37.5. The molecule has 0 spiro atoms. The van der Waals surface area contributed by atoms with Gasteiger partial charge in [-0.3, -0.25) is 29.4 Å². The van der Waals surface area contributed by atoms with Gasteiger partial charge in [0.05, 0.1) is 23.9 Å². The number of carbonyl (C=O) groups excluding carboxylic acids is 6. The minimum Gasteiger partial charge on any atom is -0.460 e. The molecule has 4 aromatic rings. The summed E-state index contributed by atoms with van der Waals surface area (Å²) in [5.74, 6) is -2.05. The summed E-state index contributed by atoms with van der Waals surface area (Å²) in [5.41, 5.74) is 7.71. The van der Waals surface area contributed by atoms with Gasteiger partial charge in [-0.15, -0.1) is 0 Å². The highest BCUT2D eigenvalue weighted by Gasteiger charge is 2.36. The third kappa shape index (κ3) is 11.7. The molecule has 4 aromatic carbocycles. The number of alkyl carbamates (subject to hydrolysis) is 1. The lowest BCUT2D eigenvalue weighted by Crippen LogP contribution is -2.51. The standard InChI is InChI=1S/C50H56N8O8/c1-50(2,3)66-43(60)26-34(28-53-57-48(63)52-27-31-22-24-33(25-23-31)46(61)51-4)54-42(59)29-58-41-21-13-12-20-39(41)44(32-14-6-5-7-15-32)55-45(47(58)62)56-49(64)65-30-40-37-18-10-8-16-35(37)36-17-9-11-19-38(36)40/h5-21,28,31,33-34,40,45H,22-27,29-30H2,1-4H3,(H,51,61)(H,54,59)(H,56,64)(H2,52,57,63)/b53-28+/t31?,33?,34-,45?/m0/s1. The Kier molecular flexibility index (Phi) is 14.9. The van der Waals surface area contributed by atoms with Crippen LogP contribution in [0, 0.1) is 11.8 Å². The minimum absolute atomic E-state index is 0.000765. The fraction of sp³-hybridized carbons (Fsp3) is 0.360. The first-order valence-electron chi connectivity index (χ1n) is 22.2. The number of hydrogen-bond donors (Lipinski definition) is 5. The number of aliphatic imine (C=N–C) groups is 1. The summed E-state index contributed by atoms with van der Waals surface area (Å²) in [6.45, 7) is 4.98. The highest BCUT2D eigenvalue weighted by Crippen LogP contribution is 2.44. The van der Waals surface area contributed by atoms with Crippen LogP contribution in [-0.2, 0) is 28.7 Å². The summed E-state index contributed by atoms with van der Waals surface area (Å²) in [7, 11) is 1.63. The monoisotopic (exact) mass is 896 g/mol. The molecule has 5 N–H and O–H groups in total. The Morgan fingerprint density at radius 3 is 2.11 bits per heavy atom. The van der Waals surface area contributed by atoms with E-state index < -0.39 is 54.3 Å². The van der Waals surface area contributed by atoms with Gasteiger partial charge >= 0.3 is 18.1 Å². The zero-order valence-corrected chi connectivity index (χ0v) is 37.5. The number of ether oxygens (including phenoxy) is 2. The van der Waals surface area contributed by atoms with Crippen LogP contribution in [0.4, 0.5) is 15.3 Å². The van der Waals surface area contributed by atoms with Crippen molar-refractivity contribution in [3.63, 3.8) is 0 Å². The molecule has 344 valence electrons. The van der Waals surface area contributed by atoms with Crippen LogP contribution < -0.4 is 31.6 Å². The predicted octanol–water partition coefficient (Wildman–Crippen LogP) is 5.79. The van der Waals surface area contributed by atoms with E-state index in [0.29, 0.717) is 29.1 Å². The van der Waals surface area contributed by atoms with Crippen molar-refractivity contribution in [2.24, 2.45) is 21.9 Å². The number of carbonyl (C=O) groups is 6. The number of para-hydroxylation sites is 1. The SMILES string of the molecule is CNC(=O)C1CCC(CNC(=O)N/N=C/[C@H](CC(=O)OC(C)(C)C)NC(=O)CN2C(=O)C(NC(=O)OCC3c4ccccc4-c4ccccc43)N=C(c3ccccc3)c3ccccc32)CC1. The summed E-state index contributed by atoms with van der Waals surface area (Å²) < 4.78 is 11.4. The van der Waals surface area contributed by atoms with E-state index in [1.54, 1.807) is 52.1 Å². The van der Waals surface area contributed by atoms with Gasteiger partial charge < -0.3 is 25.4 Å². The number of fused-ring (bicyclic) bond motifs is 4. The van der Waals surface area contributed by atoms with Gasteiger partial charge in [0, 0.05) is 42.8 Å². The fourth-order valence-corrected chi connectivity index (χ4v) is 8.66. The van der Waals surface area contributed by atoms with Gasteiger partial charge in [0.1, 0.15) is 18.8 Å². The fourth-order valence-electron chi connectivity index (χ4n) is 8.66. The zero-order chi connectivity index (χ0) is 46.8. The molecule has 2 aliphatic carbocycles. The third-order valence-electron chi connectivity index (χ3n) is 11.7. The molecule has 1 saturated carbocycles. The van der Waals surface area contributed by atoms with Crippen molar-refractivity contribution in [2.75, 3.05) is 31.6 Å². The van der Waals surface area contributed by atoms with Crippen LogP contribution in [0.25, 0.3) is 11.1 Å². The van der Waals surface area contributed by atoms with Gasteiger partial charge in [-0.05, 0) is 80.7 Å². The second-order valence-electron chi connectivity index (χ2n) is 17.6. The largest absolute Gasteiger partial charge is 0.460 e. The van der Waals surface area contributed by atoms with Gasteiger partial charge in [-0.25, -0.2) is 20.0 Å². The predicted molar refractivity (Wildman–Crippen MR) is 250 cm³/mol. The quantitative estimate of drug-likeness (QED) is 0.0593. The Morgan fingerprint density at radius 2 is 1.45 bits per heavy atom. The lowest BCUT2D eigenvalue weighted by molar-refractivity contribution is -0.155. The van der Waals surface area contributed by atoms with Gasteiger partial charge in [-0.1, -0.05) is 97.1 Å². The maximum atomic E-state index is 14.6. The molecule has 66 heavy (non-hydrogen) atoms. The summed E-state index contributed by atoms with van der Waals surface area (Å²) >= 11 is 0. The van der Waals surface area contributed by atoms with Crippen molar-refractivity contribution in [1.29, 1.82) is 0 Å². The average molecular weight is 897 g/mol. The van der Waals surface area contributed by atoms with Crippen LogP contribution in [0.3, 0.4) is 0 Å². The number of hydrogen-bond acceptors (Lipinski definition) is 10. The Labute approximate surface area is 384 Å². The highest BCUT2D eigenvalue weighted by atomic mass is 16.6. The van der Waals surface area contributed by atoms with Crippen molar-refractivity contribution in [2.45, 2.75) is 76.6 Å². The molecular weight excluding hydrogens is 841 g/mol. The van der Waals surface area contributed by atoms with Gasteiger partial charge in [0.15, 0.2) is 0 Å². The van der Waals surface area contributed by atoms with Crippen molar-refractivity contribution in [3.05, 3.63) is 125 Å². The average Bonchev–Trinajstić information content (AvgIpc) is 3.57. The van der Waals surface area contributed by atoms with Crippen molar-refractivity contribution in [3.8, 4) is 11.1 Å². The number of esters is 1. The molecule has 0 saturated heterocycles. The molecule has 6 amide bonds. The number of hydrazone groups is 1. The topological polar surface area (TPSA) is 209 Å². The van der Waals surface area contributed by atoms with E-state index in [-0.39, 0.29) is 36.7 Å². The minimum atomic E-state index is -1.51. The molecule has 0 bridgehead atoms. The Morgan fingerprint density at radius 1 is 0.833 bits per heavy atom. The molecule has 3 aliphatic rings. The maximum absolute atomic E-state index is 14.6. The summed E-state index contributed by atoms with van der Waals surface area (Å²) in [5, 5.41) is 15.0. The van der Waals surface area contributed by atoms with Crippen molar-refractivity contribution < 1.29 is 38.2 Å². The second-order valence-corrected chi connectivity index (χ2v) is 17.6. The van der Waals surface area contributed by atoms with Crippen LogP contribution >= 0.6 is 0 Å². The molecule has 7 rings (SSSR count). The lowest BCUT2D eigenvalue weighted by Gasteiger charge is -2.27. The summed E-state index contributed by atoms with van der Waals surface area (Å²) in [6.07, 6.45) is 1.55. The first kappa shape index (κ1) is 46.6. The number of benzodiazepines with no additional fused rings is 1. The van der Waals surface area contributed by atoms with Crippen LogP contribution in [-0.4, -0.2) is 92.3 Å². The molecule has 1 aliphatic heterocycles. The van der Waals surface area contributed by atoms with Gasteiger partial charge in [0.25, 0.3) is 5.91 Å². The molecule has 0 aromatic heterocycles. The molecule has 16 nitrogen and oxygen atoms in total. The molecule has 0 radical (unpaired) electrons. The molecule has 1 fully saturated rings. The van der Waals surface area contributed by atoms with E-state index in [4.69, 9.17) is 14.5 Å². The number of nitrogens with zero attached hydrogens (tertiary/aromatic N) is 3. The Bertz CT molecular complexity index is 2450. The van der Waals surface area contributed by atoms with Crippen LogP contribution in [0.5, 0.6) is 0 Å². The highest BCUT2D eigenvalue weighted by molar-refractivity contribution is 6.21. The molecule has 1 heterocycles. The number of urea groups is 1. The number of amides is 6. The first-order valence-corrected chi connectivity index (χ1v) is 22.2. The van der Waals surface area contributed by atoms with E-state index in [1.807, 2.05) is 78.9 Å². The number of anilines is 1. The van der Waals surface area contributed by atoms with E-state index >= 15 is 0 Å². The molecule has 16 heteroatoms. The number of nitrogens with one attached hydrogen (secondary N) is 5. The molecule has 2 atom stereocenters. The van der Waals surface area contributed by atoms with E-state index in [0.717, 1.165) is 47.9 Å². The Hall–Kier alpha value is -7.36. The lowest BCUT2D eigenvalue weighted by atomic mass is 9.81. The molecular formula is C50H56N8O8. The summed E-state index contributed by atoms with van der Waals surface area (Å²) in [6, 6.07) is 30.4. The summed E-state index contributed by atoms with van der Waals surface area (Å²) in [4.78, 5) is 86.2. The first-order chi connectivity index (χ1) is 31.8. The van der Waals surface area contributed by atoms with Gasteiger partial charge in [-0.2, -0.15) is 5.10 Å². The maximum Gasteiger partial charge on any atom is 0.409 e. The number of benzene rings is 4. The normalized spacial score (nSPS) is 18.4. The van der Waals surface area contributed by atoms with Crippen LogP contribution in [0.2, 0.25) is 0 Å². The smallest absolute Gasteiger partial charge is 0.409 e. The molecule has 1 unspecified atom stereocenters. The van der Waals surface area contributed by atoms with E-state index in [2.05, 4.69) is 31.8 Å².